The average molecular weight is 267 g/mol. The minimum Gasteiger partial charge on any atom is -0.497 e. The molecular formula is C14H21NO4. The highest BCUT2D eigenvalue weighted by Gasteiger charge is 2.01. The van der Waals surface area contributed by atoms with Crippen molar-refractivity contribution in [1.29, 1.82) is 0 Å². The predicted molar refractivity (Wildman–Crippen MR) is 75.6 cm³/mol. The molecule has 19 heavy (non-hydrogen) atoms. The first-order chi connectivity index (χ1) is 9.03. The Hall–Kier alpha value is -2.17. The molecule has 0 saturated heterocycles. The van der Waals surface area contributed by atoms with Crippen LogP contribution in [0.5, 0.6) is 11.5 Å². The molecular weight excluding hydrogens is 246 g/mol. The minimum absolute atomic E-state index is 0.0967. The molecule has 1 rings (SSSR count). The lowest BCUT2D eigenvalue weighted by molar-refractivity contribution is -0.137. The largest absolute Gasteiger partial charge is 0.497 e. The van der Waals surface area contributed by atoms with E-state index in [1.54, 1.807) is 31.4 Å². The smallest absolute Gasteiger partial charge is 0.303 e. The van der Waals surface area contributed by atoms with Gasteiger partial charge in [-0.2, -0.15) is 0 Å². The van der Waals surface area contributed by atoms with Gasteiger partial charge in [0.05, 0.1) is 13.7 Å². The highest BCUT2D eigenvalue weighted by molar-refractivity contribution is 5.66. The van der Waals surface area contributed by atoms with Crippen LogP contribution in [0.15, 0.2) is 30.9 Å². The summed E-state index contributed by atoms with van der Waals surface area (Å²) < 4.78 is 10.4. The molecule has 0 heterocycles. The molecule has 0 amide bonds. The predicted octanol–water partition coefficient (Wildman–Crippen LogP) is 2.71. The number of rotatable bonds is 6. The van der Waals surface area contributed by atoms with Crippen LogP contribution in [0.25, 0.3) is 0 Å². The van der Waals surface area contributed by atoms with E-state index in [-0.39, 0.29) is 6.42 Å². The maximum atomic E-state index is 10.3. The maximum absolute atomic E-state index is 10.3. The van der Waals surface area contributed by atoms with Crippen molar-refractivity contribution in [3.63, 3.8) is 0 Å². The molecule has 0 aromatic heterocycles. The van der Waals surface area contributed by atoms with Gasteiger partial charge >= 0.3 is 5.97 Å². The standard InChI is InChI=1S/C11H15NO4.C3H6/c1-15-9-5-8(12)6-10(7-9)16-4-2-3-11(13)14;1-3-2/h5-7H,2-4,12H2,1H3,(H,13,14);3H,1H2,2H3. The second-order valence-electron chi connectivity index (χ2n) is 3.70. The average Bonchev–Trinajstić information content (AvgIpc) is 2.34. The van der Waals surface area contributed by atoms with Crippen LogP contribution in [0.2, 0.25) is 0 Å². The first-order valence-corrected chi connectivity index (χ1v) is 5.89. The molecule has 5 heteroatoms. The van der Waals surface area contributed by atoms with Crippen LogP contribution in [0.1, 0.15) is 19.8 Å². The van der Waals surface area contributed by atoms with Gasteiger partial charge < -0.3 is 20.3 Å². The van der Waals surface area contributed by atoms with Crippen LogP contribution in [-0.2, 0) is 4.79 Å². The van der Waals surface area contributed by atoms with Gasteiger partial charge in [-0.05, 0) is 13.3 Å². The zero-order chi connectivity index (χ0) is 14.7. The molecule has 5 nitrogen and oxygen atoms in total. The summed E-state index contributed by atoms with van der Waals surface area (Å²) in [4.78, 5) is 10.3. The van der Waals surface area contributed by atoms with Crippen LogP contribution in [-0.4, -0.2) is 24.8 Å². The van der Waals surface area contributed by atoms with Gasteiger partial charge in [0.2, 0.25) is 0 Å². The quantitative estimate of drug-likeness (QED) is 0.470. The number of nitrogens with two attached hydrogens (primary N) is 1. The van der Waals surface area contributed by atoms with Crippen molar-refractivity contribution in [2.45, 2.75) is 19.8 Å². The summed E-state index contributed by atoms with van der Waals surface area (Å²) in [6.07, 6.45) is 2.31. The van der Waals surface area contributed by atoms with Crippen molar-refractivity contribution in [2.24, 2.45) is 0 Å². The Morgan fingerprint density at radius 2 is 2.00 bits per heavy atom. The molecule has 0 unspecified atom stereocenters. The SMILES string of the molecule is C=CC.COc1cc(N)cc(OCCCC(=O)O)c1. The first-order valence-electron chi connectivity index (χ1n) is 5.89. The molecule has 0 aliphatic carbocycles. The Morgan fingerprint density at radius 3 is 2.53 bits per heavy atom. The zero-order valence-electron chi connectivity index (χ0n) is 11.4. The summed E-state index contributed by atoms with van der Waals surface area (Å²) in [7, 11) is 1.54. The number of hydrogen-bond donors (Lipinski definition) is 2. The highest BCUT2D eigenvalue weighted by Crippen LogP contribution is 2.24. The number of nitrogen functional groups attached to an aromatic ring is 1. The van der Waals surface area contributed by atoms with E-state index in [1.807, 2.05) is 6.92 Å². The van der Waals surface area contributed by atoms with Crippen LogP contribution in [0.3, 0.4) is 0 Å². The Morgan fingerprint density at radius 1 is 1.42 bits per heavy atom. The maximum Gasteiger partial charge on any atom is 0.303 e. The highest BCUT2D eigenvalue weighted by atomic mass is 16.5. The van der Waals surface area contributed by atoms with E-state index in [9.17, 15) is 4.79 Å². The number of hydrogen-bond acceptors (Lipinski definition) is 4. The Labute approximate surface area is 113 Å². The third-order valence-corrected chi connectivity index (χ3v) is 1.94. The number of carboxylic acid groups (broad SMARTS) is 1. The molecule has 0 fully saturated rings. The summed E-state index contributed by atoms with van der Waals surface area (Å²) in [6, 6.07) is 5.06. The van der Waals surface area contributed by atoms with Crippen molar-refractivity contribution < 1.29 is 19.4 Å². The van der Waals surface area contributed by atoms with Gasteiger partial charge in [0.25, 0.3) is 0 Å². The number of ether oxygens (including phenoxy) is 2. The van der Waals surface area contributed by atoms with Crippen molar-refractivity contribution in [1.82, 2.24) is 0 Å². The molecule has 0 atom stereocenters. The monoisotopic (exact) mass is 267 g/mol. The summed E-state index contributed by atoms with van der Waals surface area (Å²) in [5.41, 5.74) is 6.18. The van der Waals surface area contributed by atoms with E-state index in [1.165, 1.54) is 0 Å². The summed E-state index contributed by atoms with van der Waals surface area (Å²) in [5, 5.41) is 8.44. The van der Waals surface area contributed by atoms with E-state index in [0.29, 0.717) is 30.2 Å². The van der Waals surface area contributed by atoms with Gasteiger partial charge in [-0.25, -0.2) is 0 Å². The van der Waals surface area contributed by atoms with Gasteiger partial charge in [-0.15, -0.1) is 6.58 Å². The number of aliphatic carboxylic acids is 1. The first kappa shape index (κ1) is 16.8. The van der Waals surface area contributed by atoms with Crippen molar-refractivity contribution in [3.8, 4) is 11.5 Å². The summed E-state index contributed by atoms with van der Waals surface area (Å²) in [6.45, 7) is 5.60. The Kier molecular flexibility index (Phi) is 8.70. The van der Waals surface area contributed by atoms with Gasteiger partial charge in [0.1, 0.15) is 11.5 Å². The number of carbonyl (C=O) groups is 1. The van der Waals surface area contributed by atoms with Crippen LogP contribution >= 0.6 is 0 Å². The van der Waals surface area contributed by atoms with Crippen molar-refractivity contribution in [2.75, 3.05) is 19.5 Å². The summed E-state index contributed by atoms with van der Waals surface area (Å²) >= 11 is 0. The second kappa shape index (κ2) is 9.82. The van der Waals surface area contributed by atoms with Gasteiger partial charge in [0.15, 0.2) is 0 Å². The third-order valence-electron chi connectivity index (χ3n) is 1.94. The molecule has 0 saturated carbocycles. The fourth-order valence-corrected chi connectivity index (χ4v) is 1.21. The zero-order valence-corrected chi connectivity index (χ0v) is 11.4. The number of anilines is 1. The molecule has 0 spiro atoms. The normalized spacial score (nSPS) is 8.95. The van der Waals surface area contributed by atoms with Gasteiger partial charge in [-0.3, -0.25) is 4.79 Å². The minimum atomic E-state index is -0.825. The topological polar surface area (TPSA) is 81.8 Å². The number of carboxylic acids is 1. The molecule has 0 radical (unpaired) electrons. The van der Waals surface area contributed by atoms with Crippen LogP contribution in [0, 0.1) is 0 Å². The van der Waals surface area contributed by atoms with E-state index < -0.39 is 5.97 Å². The second-order valence-corrected chi connectivity index (χ2v) is 3.70. The Bertz CT molecular complexity index is 404. The lowest BCUT2D eigenvalue weighted by Gasteiger charge is -2.08. The van der Waals surface area contributed by atoms with Crippen molar-refractivity contribution in [3.05, 3.63) is 30.9 Å². The molecule has 0 aliphatic heterocycles. The Balaban J connectivity index is 0.000000982. The molecule has 3 N–H and O–H groups in total. The number of methoxy groups -OCH3 is 1. The molecule has 1 aromatic carbocycles. The third kappa shape index (κ3) is 8.54. The number of allylic oxidation sites excluding steroid dienone is 1. The van der Waals surface area contributed by atoms with Crippen molar-refractivity contribution >= 4 is 11.7 Å². The molecule has 0 bridgehead atoms. The lowest BCUT2D eigenvalue weighted by Crippen LogP contribution is -2.02. The number of benzene rings is 1. The van der Waals surface area contributed by atoms with E-state index in [4.69, 9.17) is 20.3 Å². The molecule has 106 valence electrons. The van der Waals surface area contributed by atoms with E-state index in [0.717, 1.165) is 0 Å². The molecule has 0 aliphatic rings. The summed E-state index contributed by atoms with van der Waals surface area (Å²) in [5.74, 6) is 0.379. The fraction of sp³-hybridized carbons (Fsp3) is 0.357. The van der Waals surface area contributed by atoms with Crippen LogP contribution in [0.4, 0.5) is 5.69 Å². The van der Waals surface area contributed by atoms with E-state index in [2.05, 4.69) is 6.58 Å². The fourth-order valence-electron chi connectivity index (χ4n) is 1.21. The van der Waals surface area contributed by atoms with Gasteiger partial charge in [0, 0.05) is 30.3 Å². The van der Waals surface area contributed by atoms with Gasteiger partial charge in [-0.1, -0.05) is 6.08 Å². The van der Waals surface area contributed by atoms with Crippen LogP contribution < -0.4 is 15.2 Å². The van der Waals surface area contributed by atoms with E-state index >= 15 is 0 Å². The lowest BCUT2D eigenvalue weighted by atomic mass is 10.3. The molecule has 1 aromatic rings.